The highest BCUT2D eigenvalue weighted by Gasteiger charge is 2.19. The number of hydrogen-bond donors (Lipinski definition) is 0. The van der Waals surface area contributed by atoms with Gasteiger partial charge in [0.05, 0.1) is 6.07 Å². The van der Waals surface area contributed by atoms with Crippen LogP contribution in [0.15, 0.2) is 48.6 Å². The van der Waals surface area contributed by atoms with Crippen LogP contribution in [0.5, 0.6) is 0 Å². The van der Waals surface area contributed by atoms with Gasteiger partial charge in [0.15, 0.2) is 0 Å². The fraction of sp³-hybridized carbons (Fsp3) is 0.500. The van der Waals surface area contributed by atoms with Gasteiger partial charge < -0.3 is 0 Å². The van der Waals surface area contributed by atoms with Gasteiger partial charge in [0.1, 0.15) is 0 Å². The topological polar surface area (TPSA) is 23.8 Å². The zero-order chi connectivity index (χ0) is 16.3. The van der Waals surface area contributed by atoms with E-state index >= 15 is 0 Å². The molecular formula is C22H29N. The lowest BCUT2D eigenvalue weighted by Gasteiger charge is -2.26. The van der Waals surface area contributed by atoms with Crippen LogP contribution in [0.3, 0.4) is 0 Å². The first-order valence-electron chi connectivity index (χ1n) is 9.12. The number of allylic oxidation sites excluding steroid dienone is 4. The molecule has 0 amide bonds. The Bertz CT molecular complexity index is 536. The molecule has 0 aromatic heterocycles. The fourth-order valence-corrected chi connectivity index (χ4v) is 3.52. The molecule has 0 bridgehead atoms. The number of benzene rings is 1. The van der Waals surface area contributed by atoms with Crippen LogP contribution in [-0.2, 0) is 12.8 Å². The first-order chi connectivity index (χ1) is 11.3. The maximum atomic E-state index is 8.46. The van der Waals surface area contributed by atoms with E-state index in [1.165, 1.54) is 68.6 Å². The van der Waals surface area contributed by atoms with Crippen molar-refractivity contribution in [3.63, 3.8) is 0 Å². The molecule has 1 aromatic rings. The van der Waals surface area contributed by atoms with Crippen molar-refractivity contribution in [2.45, 2.75) is 58.3 Å². The summed E-state index contributed by atoms with van der Waals surface area (Å²) in [6, 6.07) is 11.3. The summed E-state index contributed by atoms with van der Waals surface area (Å²) in [5.41, 5.74) is 2.96. The minimum Gasteiger partial charge on any atom is -0.193 e. The zero-order valence-electron chi connectivity index (χ0n) is 14.4. The number of rotatable bonds is 7. The predicted octanol–water partition coefficient (Wildman–Crippen LogP) is 6.01. The van der Waals surface area contributed by atoms with Crippen LogP contribution >= 0.6 is 0 Å². The first kappa shape index (κ1) is 17.5. The van der Waals surface area contributed by atoms with E-state index in [2.05, 4.69) is 37.3 Å². The molecule has 0 unspecified atom stereocenters. The Labute approximate surface area is 141 Å². The molecule has 0 N–H and O–H groups in total. The molecule has 0 radical (unpaired) electrons. The van der Waals surface area contributed by atoms with Gasteiger partial charge in [-0.25, -0.2) is 0 Å². The Morgan fingerprint density at radius 2 is 1.65 bits per heavy atom. The van der Waals surface area contributed by atoms with E-state index in [4.69, 9.17) is 5.26 Å². The molecule has 122 valence electrons. The molecule has 23 heavy (non-hydrogen) atoms. The lowest BCUT2D eigenvalue weighted by molar-refractivity contribution is 0.296. The Morgan fingerprint density at radius 1 is 1.00 bits per heavy atom. The lowest BCUT2D eigenvalue weighted by atomic mass is 9.79. The van der Waals surface area contributed by atoms with Crippen LogP contribution in [0.25, 0.3) is 0 Å². The molecule has 1 aliphatic rings. The quantitative estimate of drug-likeness (QED) is 0.446. The minimum atomic E-state index is 0.711. The van der Waals surface area contributed by atoms with E-state index < -0.39 is 0 Å². The maximum Gasteiger partial charge on any atom is 0.0912 e. The molecule has 1 aromatic carbocycles. The number of nitrogens with zero attached hydrogens (tertiary/aromatic N) is 1. The molecular weight excluding hydrogens is 278 g/mol. The summed E-state index contributed by atoms with van der Waals surface area (Å²) in [6.45, 7) is 2.24. The third-order valence-corrected chi connectivity index (χ3v) is 4.96. The van der Waals surface area contributed by atoms with Crippen molar-refractivity contribution in [1.82, 2.24) is 0 Å². The van der Waals surface area contributed by atoms with Crippen LogP contribution in [0.4, 0.5) is 0 Å². The van der Waals surface area contributed by atoms with Crippen LogP contribution in [0.2, 0.25) is 0 Å². The van der Waals surface area contributed by atoms with Crippen LogP contribution < -0.4 is 0 Å². The Morgan fingerprint density at radius 3 is 2.26 bits per heavy atom. The second-order valence-corrected chi connectivity index (χ2v) is 6.76. The summed E-state index contributed by atoms with van der Waals surface area (Å²) < 4.78 is 0. The second kappa shape index (κ2) is 10.1. The van der Waals surface area contributed by atoms with E-state index in [0.29, 0.717) is 5.92 Å². The summed E-state index contributed by atoms with van der Waals surface area (Å²) in [5, 5.41) is 8.46. The molecule has 0 saturated heterocycles. The molecule has 0 atom stereocenters. The summed E-state index contributed by atoms with van der Waals surface area (Å²) in [4.78, 5) is 0. The molecule has 1 saturated carbocycles. The molecule has 0 heterocycles. The highest BCUT2D eigenvalue weighted by molar-refractivity contribution is 5.22. The van der Waals surface area contributed by atoms with Crippen molar-refractivity contribution < 1.29 is 0 Å². The summed E-state index contributed by atoms with van der Waals surface area (Å²) in [6.07, 6.45) is 18.0. The minimum absolute atomic E-state index is 0.711. The van der Waals surface area contributed by atoms with Gasteiger partial charge in [0.2, 0.25) is 0 Å². The lowest BCUT2D eigenvalue weighted by Crippen LogP contribution is -2.13. The molecule has 1 fully saturated rings. The smallest absolute Gasteiger partial charge is 0.0912 e. The van der Waals surface area contributed by atoms with Crippen molar-refractivity contribution in [3.05, 3.63) is 59.7 Å². The van der Waals surface area contributed by atoms with Crippen molar-refractivity contribution in [2.24, 2.45) is 11.8 Å². The Kier molecular flexibility index (Phi) is 7.67. The Hall–Kier alpha value is -1.81. The number of nitriles is 1. The van der Waals surface area contributed by atoms with Crippen LogP contribution in [-0.4, -0.2) is 0 Å². The van der Waals surface area contributed by atoms with E-state index in [9.17, 15) is 0 Å². The van der Waals surface area contributed by atoms with Crippen LogP contribution in [0, 0.1) is 23.2 Å². The summed E-state index contributed by atoms with van der Waals surface area (Å²) >= 11 is 0. The van der Waals surface area contributed by atoms with Gasteiger partial charge in [-0.05, 0) is 67.9 Å². The first-order valence-corrected chi connectivity index (χ1v) is 9.12. The normalized spacial score (nSPS) is 21.7. The zero-order valence-corrected chi connectivity index (χ0v) is 14.4. The molecule has 0 aliphatic heterocycles. The largest absolute Gasteiger partial charge is 0.193 e. The van der Waals surface area contributed by atoms with Gasteiger partial charge in [-0.2, -0.15) is 5.26 Å². The molecule has 2 rings (SSSR count). The summed E-state index contributed by atoms with van der Waals surface area (Å²) in [5.74, 6) is 1.60. The van der Waals surface area contributed by atoms with Gasteiger partial charge in [-0.3, -0.25) is 0 Å². The van der Waals surface area contributed by atoms with Crippen molar-refractivity contribution >= 4 is 0 Å². The van der Waals surface area contributed by atoms with Crippen molar-refractivity contribution in [1.29, 1.82) is 5.26 Å². The van der Waals surface area contributed by atoms with Gasteiger partial charge in [0.25, 0.3) is 0 Å². The van der Waals surface area contributed by atoms with E-state index in [1.807, 2.05) is 18.2 Å². The molecule has 1 aliphatic carbocycles. The summed E-state index contributed by atoms with van der Waals surface area (Å²) in [7, 11) is 0. The van der Waals surface area contributed by atoms with E-state index in [0.717, 1.165) is 5.92 Å². The molecule has 0 spiro atoms. The average molecular weight is 307 g/mol. The van der Waals surface area contributed by atoms with Gasteiger partial charge in [-0.1, -0.05) is 55.8 Å². The van der Waals surface area contributed by atoms with Gasteiger partial charge in [-0.15, -0.1) is 0 Å². The van der Waals surface area contributed by atoms with Crippen LogP contribution in [0.1, 0.15) is 56.6 Å². The molecule has 1 nitrogen and oxygen atoms in total. The van der Waals surface area contributed by atoms with Crippen molar-refractivity contribution in [3.8, 4) is 6.07 Å². The Balaban J connectivity index is 1.69. The van der Waals surface area contributed by atoms with E-state index in [-0.39, 0.29) is 0 Å². The monoisotopic (exact) mass is 307 g/mol. The van der Waals surface area contributed by atoms with Gasteiger partial charge >= 0.3 is 0 Å². The average Bonchev–Trinajstić information content (AvgIpc) is 2.59. The highest BCUT2D eigenvalue weighted by Crippen LogP contribution is 2.32. The predicted molar refractivity (Wildman–Crippen MR) is 98.1 cm³/mol. The third-order valence-electron chi connectivity index (χ3n) is 4.96. The number of hydrogen-bond acceptors (Lipinski definition) is 1. The SMILES string of the molecule is CCCc1ccc(CC[C@H]2CC[C@H](C=CC=CC#N)CC2)cc1. The standard InChI is InChI=1S/C22H29N/c1-2-6-19-8-12-21(13-9-19)16-17-22-14-10-20(11-15-22)7-4-3-5-18-23/h3-5,7-9,12-13,20,22H,2,6,10-11,14-17H2,1H3/t20-,22-. The van der Waals surface area contributed by atoms with Gasteiger partial charge in [0, 0.05) is 6.08 Å². The highest BCUT2D eigenvalue weighted by atomic mass is 14.2. The number of aryl methyl sites for hydroxylation is 2. The second-order valence-electron chi connectivity index (χ2n) is 6.76. The van der Waals surface area contributed by atoms with Crippen molar-refractivity contribution in [2.75, 3.05) is 0 Å². The molecule has 1 heteroatoms. The fourth-order valence-electron chi connectivity index (χ4n) is 3.52. The third kappa shape index (κ3) is 6.45. The maximum absolute atomic E-state index is 8.46. The van der Waals surface area contributed by atoms with E-state index in [1.54, 1.807) is 0 Å².